The van der Waals surface area contributed by atoms with Crippen molar-refractivity contribution in [3.05, 3.63) is 106 Å². The van der Waals surface area contributed by atoms with Gasteiger partial charge in [0, 0.05) is 33.7 Å². The minimum absolute atomic E-state index is 0.0736. The van der Waals surface area contributed by atoms with Gasteiger partial charge in [0.1, 0.15) is 11.5 Å². The Morgan fingerprint density at radius 2 is 1.83 bits per heavy atom. The number of aliphatic hydroxyl groups is 1. The van der Waals surface area contributed by atoms with Crippen LogP contribution >= 0.6 is 15.9 Å². The van der Waals surface area contributed by atoms with Gasteiger partial charge in [0.15, 0.2) is 0 Å². The Morgan fingerprint density at radius 1 is 1.06 bits per heavy atom. The summed E-state index contributed by atoms with van der Waals surface area (Å²) >= 11 is 3.39. The van der Waals surface area contributed by atoms with E-state index in [-0.39, 0.29) is 11.3 Å². The van der Waals surface area contributed by atoms with Crippen molar-refractivity contribution < 1.29 is 19.4 Å². The number of hydrogen-bond donors (Lipinski definition) is 2. The first-order valence-corrected chi connectivity index (χ1v) is 12.0. The van der Waals surface area contributed by atoms with Gasteiger partial charge in [-0.15, -0.1) is 0 Å². The summed E-state index contributed by atoms with van der Waals surface area (Å²) in [6.45, 7) is 0.311. The number of fused-ring (bicyclic) bond motifs is 1. The molecule has 1 saturated heterocycles. The molecular formula is C28H23BrN2O4. The maximum atomic E-state index is 13.3. The van der Waals surface area contributed by atoms with E-state index in [2.05, 4.69) is 20.9 Å². The molecule has 1 aromatic heterocycles. The monoisotopic (exact) mass is 530 g/mol. The number of nitrogens with one attached hydrogen (secondary N) is 1. The van der Waals surface area contributed by atoms with Gasteiger partial charge in [-0.2, -0.15) is 0 Å². The van der Waals surface area contributed by atoms with E-state index in [1.165, 1.54) is 0 Å². The number of benzene rings is 3. The lowest BCUT2D eigenvalue weighted by atomic mass is 9.95. The van der Waals surface area contributed by atoms with E-state index in [4.69, 9.17) is 4.74 Å². The highest BCUT2D eigenvalue weighted by atomic mass is 79.9. The topological polar surface area (TPSA) is 82.6 Å². The number of aliphatic hydroxyl groups excluding tert-OH is 1. The Balaban J connectivity index is 1.58. The van der Waals surface area contributed by atoms with Gasteiger partial charge >= 0.3 is 0 Å². The summed E-state index contributed by atoms with van der Waals surface area (Å²) in [5.74, 6) is -0.917. The fourth-order valence-corrected chi connectivity index (χ4v) is 4.88. The molecule has 1 amide bonds. The first kappa shape index (κ1) is 22.9. The molecule has 0 bridgehead atoms. The first-order valence-electron chi connectivity index (χ1n) is 11.2. The zero-order chi connectivity index (χ0) is 24.5. The molecule has 3 aromatic carbocycles. The number of hydrogen-bond acceptors (Lipinski definition) is 4. The third-order valence-electron chi connectivity index (χ3n) is 6.36. The van der Waals surface area contributed by atoms with Gasteiger partial charge in [-0.05, 0) is 47.9 Å². The molecule has 7 heteroatoms. The zero-order valence-electron chi connectivity index (χ0n) is 19.0. The number of carbonyl (C=O) groups is 2. The molecule has 0 aliphatic carbocycles. The highest BCUT2D eigenvalue weighted by molar-refractivity contribution is 9.10. The Morgan fingerprint density at radius 3 is 2.60 bits per heavy atom. The fourth-order valence-electron chi connectivity index (χ4n) is 4.61. The number of carbonyl (C=O) groups excluding carboxylic acids is 2. The molecule has 1 fully saturated rings. The van der Waals surface area contributed by atoms with Crippen LogP contribution in [0.2, 0.25) is 0 Å². The first-order chi connectivity index (χ1) is 17.0. The predicted molar refractivity (Wildman–Crippen MR) is 138 cm³/mol. The van der Waals surface area contributed by atoms with Gasteiger partial charge in [0.05, 0.1) is 18.7 Å². The van der Waals surface area contributed by atoms with Crippen LogP contribution in [0.3, 0.4) is 0 Å². The molecule has 4 aromatic rings. The van der Waals surface area contributed by atoms with Crippen LogP contribution < -0.4 is 4.74 Å². The number of Topliss-reactive ketones (excluding diaryl/α,β-unsaturated/α-hetero) is 1. The highest BCUT2D eigenvalue weighted by Crippen LogP contribution is 2.40. The van der Waals surface area contributed by atoms with Crippen LogP contribution in [0.25, 0.3) is 16.7 Å². The molecule has 5 rings (SSSR count). The number of ketones is 1. The van der Waals surface area contributed by atoms with E-state index < -0.39 is 17.7 Å². The molecule has 2 N–H and O–H groups in total. The lowest BCUT2D eigenvalue weighted by Crippen LogP contribution is -2.31. The van der Waals surface area contributed by atoms with Crippen LogP contribution in [0.4, 0.5) is 0 Å². The summed E-state index contributed by atoms with van der Waals surface area (Å²) in [5.41, 5.74) is 3.31. The van der Waals surface area contributed by atoms with Crippen LogP contribution in [0.1, 0.15) is 22.7 Å². The van der Waals surface area contributed by atoms with E-state index in [1.807, 2.05) is 42.6 Å². The van der Waals surface area contributed by atoms with Gasteiger partial charge in [-0.3, -0.25) is 9.59 Å². The molecule has 1 aliphatic rings. The number of ether oxygens (including phenoxy) is 1. The SMILES string of the molecule is COc1cccc([C@@H]2C(=C(O)c3ccc(Br)cc3)C(=O)C(=O)N2CCc2c[nH]c3ccccc23)c1. The van der Waals surface area contributed by atoms with E-state index in [0.717, 1.165) is 20.9 Å². The molecule has 1 aliphatic heterocycles. The van der Waals surface area contributed by atoms with Gasteiger partial charge in [0.2, 0.25) is 0 Å². The molecule has 0 spiro atoms. The maximum absolute atomic E-state index is 13.3. The van der Waals surface area contributed by atoms with Crippen molar-refractivity contribution in [2.45, 2.75) is 12.5 Å². The van der Waals surface area contributed by atoms with Crippen molar-refractivity contribution in [2.24, 2.45) is 0 Å². The van der Waals surface area contributed by atoms with E-state index in [0.29, 0.717) is 29.8 Å². The number of halogens is 1. The number of aromatic nitrogens is 1. The third-order valence-corrected chi connectivity index (χ3v) is 6.89. The van der Waals surface area contributed by atoms with Crippen molar-refractivity contribution >= 4 is 44.3 Å². The standard InChI is InChI=1S/C28H23BrN2O4/c1-35-21-6-4-5-18(15-21)25-24(26(32)17-9-11-20(29)12-10-17)27(33)28(34)31(25)14-13-19-16-30-23-8-3-2-7-22(19)23/h2-12,15-16,25,30,32H,13-14H2,1H3/t25-/m1/s1. The summed E-state index contributed by atoms with van der Waals surface area (Å²) in [6, 6.07) is 21.5. The molecule has 6 nitrogen and oxygen atoms in total. The minimum Gasteiger partial charge on any atom is -0.507 e. The zero-order valence-corrected chi connectivity index (χ0v) is 20.6. The average Bonchev–Trinajstić information content (AvgIpc) is 3.41. The quantitative estimate of drug-likeness (QED) is 0.193. The molecule has 35 heavy (non-hydrogen) atoms. The number of para-hydroxylation sites is 1. The number of likely N-dealkylation sites (tertiary alicyclic amines) is 1. The number of amides is 1. The number of rotatable bonds is 6. The molecular weight excluding hydrogens is 508 g/mol. The van der Waals surface area contributed by atoms with Gasteiger partial charge in [-0.1, -0.05) is 58.4 Å². The van der Waals surface area contributed by atoms with Gasteiger partial charge < -0.3 is 19.7 Å². The second kappa shape index (κ2) is 9.43. The Hall–Kier alpha value is -3.84. The lowest BCUT2D eigenvalue weighted by Gasteiger charge is -2.25. The maximum Gasteiger partial charge on any atom is 0.295 e. The molecule has 1 atom stereocenters. The lowest BCUT2D eigenvalue weighted by molar-refractivity contribution is -0.139. The average molecular weight is 531 g/mol. The van der Waals surface area contributed by atoms with Crippen LogP contribution in [-0.2, 0) is 16.0 Å². The summed E-state index contributed by atoms with van der Waals surface area (Å²) in [4.78, 5) is 31.3. The van der Waals surface area contributed by atoms with E-state index in [1.54, 1.807) is 48.4 Å². The van der Waals surface area contributed by atoms with Crippen molar-refractivity contribution in [3.63, 3.8) is 0 Å². The molecule has 0 unspecified atom stereocenters. The van der Waals surface area contributed by atoms with E-state index in [9.17, 15) is 14.7 Å². The molecule has 2 heterocycles. The van der Waals surface area contributed by atoms with Crippen LogP contribution in [0.15, 0.2) is 89.0 Å². The third kappa shape index (κ3) is 4.23. The van der Waals surface area contributed by atoms with Crippen LogP contribution in [0, 0.1) is 0 Å². The smallest absolute Gasteiger partial charge is 0.295 e. The van der Waals surface area contributed by atoms with Crippen molar-refractivity contribution in [2.75, 3.05) is 13.7 Å². The summed E-state index contributed by atoms with van der Waals surface area (Å²) < 4.78 is 6.23. The van der Waals surface area contributed by atoms with Crippen molar-refractivity contribution in [1.29, 1.82) is 0 Å². The summed E-state index contributed by atoms with van der Waals surface area (Å²) in [5, 5.41) is 12.3. The normalized spacial score (nSPS) is 17.3. The predicted octanol–water partition coefficient (Wildman–Crippen LogP) is 5.60. The minimum atomic E-state index is -0.737. The molecule has 0 saturated carbocycles. The Labute approximate surface area is 211 Å². The number of aromatic amines is 1. The Kier molecular flexibility index (Phi) is 6.17. The summed E-state index contributed by atoms with van der Waals surface area (Å²) in [6.07, 6.45) is 2.49. The fraction of sp³-hybridized carbons (Fsp3) is 0.143. The van der Waals surface area contributed by atoms with Crippen molar-refractivity contribution in [3.8, 4) is 5.75 Å². The Bertz CT molecular complexity index is 1460. The van der Waals surface area contributed by atoms with E-state index >= 15 is 0 Å². The number of nitrogens with zero attached hydrogens (tertiary/aromatic N) is 1. The van der Waals surface area contributed by atoms with Gasteiger partial charge in [-0.25, -0.2) is 0 Å². The molecule has 176 valence electrons. The number of H-pyrrole nitrogens is 1. The second-order valence-corrected chi connectivity index (χ2v) is 9.30. The largest absolute Gasteiger partial charge is 0.507 e. The van der Waals surface area contributed by atoms with Crippen molar-refractivity contribution in [1.82, 2.24) is 9.88 Å². The number of methoxy groups -OCH3 is 1. The summed E-state index contributed by atoms with van der Waals surface area (Å²) in [7, 11) is 1.56. The molecule has 0 radical (unpaired) electrons. The second-order valence-electron chi connectivity index (χ2n) is 8.39. The van der Waals surface area contributed by atoms with Crippen LogP contribution in [0.5, 0.6) is 5.75 Å². The van der Waals surface area contributed by atoms with Gasteiger partial charge in [0.25, 0.3) is 11.7 Å². The highest BCUT2D eigenvalue weighted by Gasteiger charge is 2.46. The van der Waals surface area contributed by atoms with Crippen LogP contribution in [-0.4, -0.2) is 40.3 Å².